The Labute approximate surface area is 143 Å². The summed E-state index contributed by atoms with van der Waals surface area (Å²) in [5, 5.41) is 4.52. The summed E-state index contributed by atoms with van der Waals surface area (Å²) in [6, 6.07) is 1.69. The molecule has 0 spiro atoms. The van der Waals surface area contributed by atoms with E-state index < -0.39 is 25.0 Å². The van der Waals surface area contributed by atoms with Crippen molar-refractivity contribution in [3.05, 3.63) is 23.0 Å². The molecule has 1 aliphatic rings. The lowest BCUT2D eigenvalue weighted by atomic mass is 10.0. The normalized spacial score (nSPS) is 15.2. The maximum atomic E-state index is 12.8. The van der Waals surface area contributed by atoms with Crippen LogP contribution in [0.15, 0.2) is 10.6 Å². The van der Waals surface area contributed by atoms with E-state index in [1.165, 1.54) is 7.05 Å². The molecule has 0 unspecified atom stereocenters. The Morgan fingerprint density at radius 1 is 1.40 bits per heavy atom. The first-order valence-electron chi connectivity index (χ1n) is 8.30. The highest BCUT2D eigenvalue weighted by molar-refractivity contribution is 6.06. The molecule has 0 N–H and O–H groups in total. The van der Waals surface area contributed by atoms with E-state index in [1.807, 2.05) is 13.8 Å². The van der Waals surface area contributed by atoms with Crippen molar-refractivity contribution in [2.24, 2.45) is 0 Å². The van der Waals surface area contributed by atoms with Crippen molar-refractivity contribution in [3.8, 4) is 0 Å². The summed E-state index contributed by atoms with van der Waals surface area (Å²) < 4.78 is 42.7. The van der Waals surface area contributed by atoms with Crippen molar-refractivity contribution in [3.63, 3.8) is 0 Å². The van der Waals surface area contributed by atoms with Crippen molar-refractivity contribution in [1.82, 2.24) is 15.0 Å². The number of aromatic nitrogens is 2. The molecule has 0 atom stereocenters. The fraction of sp³-hybridized carbons (Fsp3) is 0.588. The molecule has 0 saturated heterocycles. The van der Waals surface area contributed by atoms with Crippen molar-refractivity contribution in [2.45, 2.75) is 51.1 Å². The number of hydrogen-bond acceptors (Lipinski definition) is 4. The Bertz CT molecular complexity index is 794. The van der Waals surface area contributed by atoms with Gasteiger partial charge in [-0.2, -0.15) is 13.2 Å². The first kappa shape index (κ1) is 17.7. The van der Waals surface area contributed by atoms with Gasteiger partial charge >= 0.3 is 6.18 Å². The second-order valence-electron chi connectivity index (χ2n) is 6.86. The molecule has 2 aromatic heterocycles. The maximum absolute atomic E-state index is 12.8. The molecular weight excluding hydrogens is 335 g/mol. The number of fused-ring (bicyclic) bond motifs is 1. The number of rotatable bonds is 5. The summed E-state index contributed by atoms with van der Waals surface area (Å²) in [4.78, 5) is 18.3. The summed E-state index contributed by atoms with van der Waals surface area (Å²) in [5.41, 5.74) is 1.94. The van der Waals surface area contributed by atoms with Gasteiger partial charge in [-0.05, 0) is 24.8 Å². The number of nitrogens with zero attached hydrogens (tertiary/aromatic N) is 3. The molecule has 1 amide bonds. The van der Waals surface area contributed by atoms with Gasteiger partial charge in [-0.25, -0.2) is 4.98 Å². The molecular formula is C17H20F3N3O2. The van der Waals surface area contributed by atoms with Crippen LogP contribution in [0.25, 0.3) is 11.1 Å². The maximum Gasteiger partial charge on any atom is 0.390 e. The molecule has 3 rings (SSSR count). The predicted octanol–water partition coefficient (Wildman–Crippen LogP) is 4.25. The molecule has 2 aromatic rings. The van der Waals surface area contributed by atoms with E-state index in [0.717, 1.165) is 23.4 Å². The van der Waals surface area contributed by atoms with Crippen LogP contribution in [0.1, 0.15) is 66.7 Å². The van der Waals surface area contributed by atoms with Gasteiger partial charge < -0.3 is 9.42 Å². The van der Waals surface area contributed by atoms with Gasteiger partial charge in [0, 0.05) is 25.2 Å². The summed E-state index contributed by atoms with van der Waals surface area (Å²) >= 11 is 0. The van der Waals surface area contributed by atoms with Gasteiger partial charge in [0.15, 0.2) is 0 Å². The first-order valence-corrected chi connectivity index (χ1v) is 8.30. The van der Waals surface area contributed by atoms with Crippen LogP contribution < -0.4 is 0 Å². The lowest BCUT2D eigenvalue weighted by Gasteiger charge is -2.19. The number of pyridine rings is 1. The van der Waals surface area contributed by atoms with Crippen LogP contribution in [0.5, 0.6) is 0 Å². The number of carbonyl (C=O) groups is 1. The Morgan fingerprint density at radius 3 is 2.64 bits per heavy atom. The number of carbonyl (C=O) groups excluding carboxylic acids is 1. The van der Waals surface area contributed by atoms with E-state index in [0.29, 0.717) is 16.6 Å². The predicted molar refractivity (Wildman–Crippen MR) is 85.5 cm³/mol. The van der Waals surface area contributed by atoms with Crippen molar-refractivity contribution < 1.29 is 22.5 Å². The minimum Gasteiger partial charge on any atom is -0.341 e. The molecule has 1 aliphatic carbocycles. The number of hydrogen-bond donors (Lipinski definition) is 0. The van der Waals surface area contributed by atoms with E-state index in [2.05, 4.69) is 10.1 Å². The SMILES string of the molecule is CC(C)c1noc2nc(C3CC3)cc(C(=O)N(C)CCC(F)(F)F)c12. The molecule has 0 bridgehead atoms. The average Bonchev–Trinajstić information content (AvgIpc) is 3.29. The van der Waals surface area contributed by atoms with Crippen molar-refractivity contribution in [1.29, 1.82) is 0 Å². The van der Waals surface area contributed by atoms with Gasteiger partial charge in [-0.3, -0.25) is 4.79 Å². The van der Waals surface area contributed by atoms with Gasteiger partial charge in [0.1, 0.15) is 0 Å². The van der Waals surface area contributed by atoms with Crippen LogP contribution in [0.3, 0.4) is 0 Å². The molecule has 5 nitrogen and oxygen atoms in total. The second kappa shape index (κ2) is 6.31. The Balaban J connectivity index is 2.00. The lowest BCUT2D eigenvalue weighted by Crippen LogP contribution is -2.31. The fourth-order valence-electron chi connectivity index (χ4n) is 2.74. The van der Waals surface area contributed by atoms with Gasteiger partial charge in [-0.1, -0.05) is 19.0 Å². The molecule has 0 radical (unpaired) electrons. The topological polar surface area (TPSA) is 59.2 Å². The standard InChI is InChI=1S/C17H20F3N3O2/c1-9(2)14-13-11(16(24)23(3)7-6-17(18,19)20)8-12(10-4-5-10)21-15(13)25-22-14/h8-10H,4-7H2,1-3H3. The largest absolute Gasteiger partial charge is 0.390 e. The molecule has 1 fully saturated rings. The van der Waals surface area contributed by atoms with Crippen molar-refractivity contribution >= 4 is 17.0 Å². The smallest absolute Gasteiger partial charge is 0.341 e. The summed E-state index contributed by atoms with van der Waals surface area (Å²) in [7, 11) is 1.37. The van der Waals surface area contributed by atoms with E-state index in [9.17, 15) is 18.0 Å². The Hall–Kier alpha value is -2.12. The third-order valence-corrected chi connectivity index (χ3v) is 4.34. The first-order chi connectivity index (χ1) is 11.7. The molecule has 8 heteroatoms. The van der Waals surface area contributed by atoms with Crippen LogP contribution in [0, 0.1) is 0 Å². The van der Waals surface area contributed by atoms with Crippen LogP contribution >= 0.6 is 0 Å². The number of halogens is 3. The highest BCUT2D eigenvalue weighted by Crippen LogP contribution is 2.41. The van der Waals surface area contributed by atoms with E-state index in [1.54, 1.807) is 6.07 Å². The zero-order valence-electron chi connectivity index (χ0n) is 14.4. The van der Waals surface area contributed by atoms with Crippen LogP contribution in [0.4, 0.5) is 13.2 Å². The van der Waals surface area contributed by atoms with Gasteiger partial charge in [0.25, 0.3) is 11.6 Å². The Morgan fingerprint density at radius 2 is 2.08 bits per heavy atom. The Kier molecular flexibility index (Phi) is 4.47. The minimum atomic E-state index is -4.30. The zero-order valence-corrected chi connectivity index (χ0v) is 14.4. The number of alkyl halides is 3. The van der Waals surface area contributed by atoms with Gasteiger partial charge in [-0.15, -0.1) is 0 Å². The zero-order chi connectivity index (χ0) is 18.4. The highest BCUT2D eigenvalue weighted by atomic mass is 19.4. The molecule has 25 heavy (non-hydrogen) atoms. The minimum absolute atomic E-state index is 0.00172. The van der Waals surface area contributed by atoms with Crippen LogP contribution in [-0.4, -0.2) is 40.7 Å². The summed E-state index contributed by atoms with van der Waals surface area (Å²) in [6.45, 7) is 3.43. The average molecular weight is 355 g/mol. The van der Waals surface area contributed by atoms with E-state index >= 15 is 0 Å². The lowest BCUT2D eigenvalue weighted by molar-refractivity contribution is -0.136. The summed E-state index contributed by atoms with van der Waals surface area (Å²) in [5.74, 6) is -0.186. The third-order valence-electron chi connectivity index (χ3n) is 4.34. The number of amides is 1. The monoisotopic (exact) mass is 355 g/mol. The third kappa shape index (κ3) is 3.77. The molecule has 2 heterocycles. The van der Waals surface area contributed by atoms with Crippen LogP contribution in [0.2, 0.25) is 0 Å². The highest BCUT2D eigenvalue weighted by Gasteiger charge is 2.32. The molecule has 0 aliphatic heterocycles. The van der Waals surface area contributed by atoms with E-state index in [-0.39, 0.29) is 17.5 Å². The fourth-order valence-corrected chi connectivity index (χ4v) is 2.74. The quantitative estimate of drug-likeness (QED) is 0.805. The van der Waals surface area contributed by atoms with Gasteiger partial charge in [0.2, 0.25) is 0 Å². The molecule has 1 saturated carbocycles. The second-order valence-corrected chi connectivity index (χ2v) is 6.86. The van der Waals surface area contributed by atoms with Gasteiger partial charge in [0.05, 0.1) is 23.1 Å². The molecule has 136 valence electrons. The van der Waals surface area contributed by atoms with E-state index in [4.69, 9.17) is 4.52 Å². The summed E-state index contributed by atoms with van der Waals surface area (Å²) in [6.07, 6.45) is -3.37. The molecule has 0 aromatic carbocycles. The van der Waals surface area contributed by atoms with Crippen LogP contribution in [-0.2, 0) is 0 Å². The van der Waals surface area contributed by atoms with Crippen molar-refractivity contribution in [2.75, 3.05) is 13.6 Å².